The number of hydrogen-bond acceptors (Lipinski definition) is 4. The van der Waals surface area contributed by atoms with Gasteiger partial charge < -0.3 is 15.3 Å². The van der Waals surface area contributed by atoms with Gasteiger partial charge in [0.25, 0.3) is 0 Å². The lowest BCUT2D eigenvalue weighted by molar-refractivity contribution is -0.153. The van der Waals surface area contributed by atoms with Crippen LogP contribution in [0.3, 0.4) is 0 Å². The quantitative estimate of drug-likeness (QED) is 0.509. The highest BCUT2D eigenvalue weighted by Gasteiger charge is 2.28. The Bertz CT molecular complexity index is 216. The molecule has 0 fully saturated rings. The Hall–Kier alpha value is -1.14. The Balaban J connectivity index is 4.60. The van der Waals surface area contributed by atoms with E-state index in [1.165, 1.54) is 6.92 Å². The Labute approximate surface area is 81.8 Å². The molecule has 0 aromatic heterocycles. The predicted molar refractivity (Wildman–Crippen MR) is 47.7 cm³/mol. The summed E-state index contributed by atoms with van der Waals surface area (Å²) >= 11 is 0. The smallest absolute Gasteiger partial charge is 0.320 e. The van der Waals surface area contributed by atoms with Gasteiger partial charge in [0.1, 0.15) is 12.3 Å². The molecule has 2 atom stereocenters. The lowest BCUT2D eigenvalue weighted by Crippen LogP contribution is -2.48. The van der Waals surface area contributed by atoms with Crippen LogP contribution in [-0.4, -0.2) is 51.0 Å². The van der Waals surface area contributed by atoms with Crippen LogP contribution in [-0.2, 0) is 9.59 Å². The third kappa shape index (κ3) is 3.71. The predicted octanol–water partition coefficient (Wildman–Crippen LogP) is -0.425. The van der Waals surface area contributed by atoms with Crippen molar-refractivity contribution < 1.29 is 24.9 Å². The molecule has 0 spiro atoms. The molecule has 0 heterocycles. The number of carboxylic acid groups (broad SMARTS) is 2. The van der Waals surface area contributed by atoms with Gasteiger partial charge >= 0.3 is 11.9 Å². The van der Waals surface area contributed by atoms with Crippen molar-refractivity contribution in [3.63, 3.8) is 0 Å². The third-order valence-electron chi connectivity index (χ3n) is 1.87. The highest BCUT2D eigenvalue weighted by Crippen LogP contribution is 2.07. The van der Waals surface area contributed by atoms with E-state index in [4.69, 9.17) is 10.2 Å². The largest absolute Gasteiger partial charge is 0.480 e. The molecule has 0 saturated carbocycles. The van der Waals surface area contributed by atoms with Crippen LogP contribution >= 0.6 is 0 Å². The van der Waals surface area contributed by atoms with Crippen LogP contribution in [0.15, 0.2) is 0 Å². The number of aliphatic hydroxyl groups is 1. The molecule has 0 aromatic carbocycles. The maximum absolute atomic E-state index is 10.7. The average Bonchev–Trinajstić information content (AvgIpc) is 2.02. The normalized spacial score (nSPS) is 15.1. The van der Waals surface area contributed by atoms with Crippen molar-refractivity contribution in [3.8, 4) is 0 Å². The van der Waals surface area contributed by atoms with E-state index in [0.29, 0.717) is 0 Å². The Morgan fingerprint density at radius 3 is 2.07 bits per heavy atom. The van der Waals surface area contributed by atoms with Crippen molar-refractivity contribution in [3.05, 3.63) is 0 Å². The molecule has 0 bridgehead atoms. The fourth-order valence-corrected chi connectivity index (χ4v) is 1.21. The van der Waals surface area contributed by atoms with Crippen molar-refractivity contribution in [1.29, 1.82) is 0 Å². The van der Waals surface area contributed by atoms with Crippen molar-refractivity contribution in [1.82, 2.24) is 4.90 Å². The summed E-state index contributed by atoms with van der Waals surface area (Å²) in [5.74, 6) is -2.29. The second kappa shape index (κ2) is 5.56. The topological polar surface area (TPSA) is 98.1 Å². The summed E-state index contributed by atoms with van der Waals surface area (Å²) in [7, 11) is 0. The number of nitrogens with zero attached hydrogens (tertiary/aromatic N) is 1. The molecule has 0 amide bonds. The number of aliphatic carboxylic acids is 2. The maximum Gasteiger partial charge on any atom is 0.320 e. The van der Waals surface area contributed by atoms with Gasteiger partial charge in [0, 0.05) is 0 Å². The molecular weight excluding hydrogens is 190 g/mol. The summed E-state index contributed by atoms with van der Waals surface area (Å²) in [6.07, 6.45) is -0.847. The van der Waals surface area contributed by atoms with Crippen molar-refractivity contribution in [2.45, 2.75) is 32.5 Å². The second-order valence-corrected chi connectivity index (χ2v) is 2.96. The van der Waals surface area contributed by atoms with Gasteiger partial charge in [0.2, 0.25) is 0 Å². The van der Waals surface area contributed by atoms with Crippen LogP contribution in [0, 0.1) is 0 Å². The Kier molecular flexibility index (Phi) is 5.11. The van der Waals surface area contributed by atoms with Gasteiger partial charge in [0.05, 0.1) is 6.54 Å². The van der Waals surface area contributed by atoms with Gasteiger partial charge in [-0.2, -0.15) is 0 Å². The first kappa shape index (κ1) is 12.9. The molecule has 3 N–H and O–H groups in total. The van der Waals surface area contributed by atoms with Crippen LogP contribution in [0.25, 0.3) is 0 Å². The van der Waals surface area contributed by atoms with Crippen LogP contribution in [0.5, 0.6) is 0 Å². The minimum absolute atomic E-state index is 0.244. The lowest BCUT2D eigenvalue weighted by atomic mass is 10.2. The summed E-state index contributed by atoms with van der Waals surface area (Å²) in [4.78, 5) is 22.1. The second-order valence-electron chi connectivity index (χ2n) is 2.96. The molecule has 0 aromatic rings. The standard InChI is InChI=1S/C8H15NO5/c1-3-6(8(13)14)9(5(2)10)4-7(11)12/h5-6,10H,3-4H2,1-2H3,(H,11,12)(H,13,14). The van der Waals surface area contributed by atoms with Gasteiger partial charge in [-0.3, -0.25) is 14.5 Å². The van der Waals surface area contributed by atoms with Gasteiger partial charge in [-0.15, -0.1) is 0 Å². The van der Waals surface area contributed by atoms with Gasteiger partial charge in [-0.1, -0.05) is 6.92 Å². The molecule has 6 nitrogen and oxygen atoms in total. The summed E-state index contributed by atoms with van der Waals surface area (Å²) in [5, 5.41) is 26.5. The van der Waals surface area contributed by atoms with Crippen LogP contribution in [0.4, 0.5) is 0 Å². The van der Waals surface area contributed by atoms with E-state index in [-0.39, 0.29) is 6.42 Å². The fourth-order valence-electron chi connectivity index (χ4n) is 1.21. The van der Waals surface area contributed by atoms with E-state index in [1.807, 2.05) is 0 Å². The average molecular weight is 205 g/mol. The van der Waals surface area contributed by atoms with Gasteiger partial charge in [-0.05, 0) is 13.3 Å². The van der Waals surface area contributed by atoms with Crippen LogP contribution in [0.1, 0.15) is 20.3 Å². The molecule has 0 rings (SSSR count). The van der Waals surface area contributed by atoms with Crippen LogP contribution < -0.4 is 0 Å². The third-order valence-corrected chi connectivity index (χ3v) is 1.87. The van der Waals surface area contributed by atoms with E-state index < -0.39 is 30.8 Å². The molecule has 82 valence electrons. The highest BCUT2D eigenvalue weighted by molar-refractivity contribution is 5.75. The van der Waals surface area contributed by atoms with Gasteiger partial charge in [-0.25, -0.2) is 0 Å². The van der Waals surface area contributed by atoms with E-state index >= 15 is 0 Å². The summed E-state index contributed by atoms with van der Waals surface area (Å²) < 4.78 is 0. The minimum atomic E-state index is -1.16. The molecule has 2 unspecified atom stereocenters. The molecule has 14 heavy (non-hydrogen) atoms. The van der Waals surface area contributed by atoms with Crippen LogP contribution in [0.2, 0.25) is 0 Å². The summed E-state index contributed by atoms with van der Waals surface area (Å²) in [6.45, 7) is 2.48. The molecule has 0 aliphatic rings. The molecule has 0 radical (unpaired) electrons. The number of rotatable bonds is 6. The zero-order valence-corrected chi connectivity index (χ0v) is 8.17. The Morgan fingerprint density at radius 1 is 1.36 bits per heavy atom. The first-order valence-corrected chi connectivity index (χ1v) is 4.28. The lowest BCUT2D eigenvalue weighted by Gasteiger charge is -2.28. The molecule has 0 saturated heterocycles. The fraction of sp³-hybridized carbons (Fsp3) is 0.750. The summed E-state index contributed by atoms with van der Waals surface area (Å²) in [5.41, 5.74) is 0. The maximum atomic E-state index is 10.7. The first-order chi connectivity index (χ1) is 6.40. The first-order valence-electron chi connectivity index (χ1n) is 4.28. The van der Waals surface area contributed by atoms with E-state index in [1.54, 1.807) is 6.92 Å². The number of aliphatic hydroxyl groups excluding tert-OH is 1. The van der Waals surface area contributed by atoms with E-state index in [2.05, 4.69) is 0 Å². The zero-order chi connectivity index (χ0) is 11.3. The number of carboxylic acids is 2. The number of carbonyl (C=O) groups is 2. The van der Waals surface area contributed by atoms with Crippen molar-refractivity contribution in [2.24, 2.45) is 0 Å². The molecular formula is C8H15NO5. The molecule has 0 aliphatic carbocycles. The highest BCUT2D eigenvalue weighted by atomic mass is 16.4. The zero-order valence-electron chi connectivity index (χ0n) is 8.17. The number of hydrogen-bond donors (Lipinski definition) is 3. The molecule has 6 heteroatoms. The monoisotopic (exact) mass is 205 g/mol. The Morgan fingerprint density at radius 2 is 1.86 bits per heavy atom. The van der Waals surface area contributed by atoms with E-state index in [0.717, 1.165) is 4.90 Å². The molecule has 0 aliphatic heterocycles. The minimum Gasteiger partial charge on any atom is -0.480 e. The van der Waals surface area contributed by atoms with Crippen molar-refractivity contribution in [2.75, 3.05) is 6.54 Å². The van der Waals surface area contributed by atoms with Crippen molar-refractivity contribution >= 4 is 11.9 Å². The van der Waals surface area contributed by atoms with Gasteiger partial charge in [0.15, 0.2) is 0 Å². The summed E-state index contributed by atoms with van der Waals surface area (Å²) in [6, 6.07) is -0.967. The van der Waals surface area contributed by atoms with E-state index in [9.17, 15) is 14.7 Å². The SMILES string of the molecule is CCC(C(=O)O)N(CC(=O)O)C(C)O.